The van der Waals surface area contributed by atoms with Crippen LogP contribution in [0, 0.1) is 20.8 Å². The Labute approximate surface area is 117 Å². The molecular weight excluding hydrogens is 260 g/mol. The molecule has 2 aromatic rings. The summed E-state index contributed by atoms with van der Waals surface area (Å²) in [6, 6.07) is 9.45. The lowest BCUT2D eigenvalue weighted by Crippen LogP contribution is -2.15. The summed E-state index contributed by atoms with van der Waals surface area (Å²) in [5.74, 6) is -0.232. The Morgan fingerprint density at radius 1 is 1.16 bits per heavy atom. The van der Waals surface area contributed by atoms with E-state index < -0.39 is 0 Å². The molecule has 0 aliphatic rings. The van der Waals surface area contributed by atoms with E-state index >= 15 is 0 Å². The highest BCUT2D eigenvalue weighted by Crippen LogP contribution is 2.21. The van der Waals surface area contributed by atoms with Crippen LogP contribution in [0.4, 0.5) is 5.69 Å². The van der Waals surface area contributed by atoms with Crippen molar-refractivity contribution >= 4 is 23.2 Å². The summed E-state index contributed by atoms with van der Waals surface area (Å²) in [5, 5.41) is 3.10. The van der Waals surface area contributed by atoms with Gasteiger partial charge in [0, 0.05) is 11.4 Å². The zero-order chi connectivity index (χ0) is 14.0. The van der Waals surface area contributed by atoms with Gasteiger partial charge in [-0.05, 0) is 44.0 Å². The van der Waals surface area contributed by atoms with E-state index in [2.05, 4.69) is 10.3 Å². The molecule has 1 aromatic carbocycles. The van der Waals surface area contributed by atoms with E-state index in [4.69, 9.17) is 11.6 Å². The molecule has 19 heavy (non-hydrogen) atoms. The van der Waals surface area contributed by atoms with Crippen molar-refractivity contribution in [2.24, 2.45) is 0 Å². The van der Waals surface area contributed by atoms with Crippen LogP contribution in [0.5, 0.6) is 0 Å². The number of hydrogen-bond donors (Lipinski definition) is 1. The molecule has 0 aliphatic heterocycles. The second-order valence-electron chi connectivity index (χ2n) is 4.52. The zero-order valence-corrected chi connectivity index (χ0v) is 11.9. The molecule has 3 nitrogen and oxygen atoms in total. The molecule has 1 N–H and O–H groups in total. The van der Waals surface area contributed by atoms with Crippen molar-refractivity contribution in [3.8, 4) is 0 Å². The quantitative estimate of drug-likeness (QED) is 0.844. The number of halogens is 1. The van der Waals surface area contributed by atoms with Crippen LogP contribution in [0.25, 0.3) is 0 Å². The third-order valence-corrected chi connectivity index (χ3v) is 3.19. The summed E-state index contributed by atoms with van der Waals surface area (Å²) in [4.78, 5) is 16.4. The zero-order valence-electron chi connectivity index (χ0n) is 11.1. The molecular formula is C15H15ClN2O. The van der Waals surface area contributed by atoms with Crippen molar-refractivity contribution in [3.63, 3.8) is 0 Å². The number of amides is 1. The first-order valence-electron chi connectivity index (χ1n) is 6.00. The van der Waals surface area contributed by atoms with Crippen LogP contribution >= 0.6 is 11.6 Å². The van der Waals surface area contributed by atoms with Crippen LogP contribution in [0.2, 0.25) is 5.15 Å². The smallest absolute Gasteiger partial charge is 0.259 e. The van der Waals surface area contributed by atoms with Crippen molar-refractivity contribution in [2.75, 3.05) is 5.32 Å². The fraction of sp³-hybridized carbons (Fsp3) is 0.200. The summed E-state index contributed by atoms with van der Waals surface area (Å²) in [6.45, 7) is 5.65. The molecule has 0 aliphatic carbocycles. The van der Waals surface area contributed by atoms with Gasteiger partial charge in [0.15, 0.2) is 0 Å². The van der Waals surface area contributed by atoms with Gasteiger partial charge in [-0.1, -0.05) is 29.8 Å². The van der Waals surface area contributed by atoms with Crippen molar-refractivity contribution in [1.29, 1.82) is 0 Å². The van der Waals surface area contributed by atoms with Gasteiger partial charge in [0.05, 0.1) is 5.56 Å². The Morgan fingerprint density at radius 3 is 2.47 bits per heavy atom. The molecule has 0 radical (unpaired) electrons. The number of nitrogens with one attached hydrogen (secondary N) is 1. The average Bonchev–Trinajstić information content (AvgIpc) is 2.30. The number of para-hydroxylation sites is 1. The Balaban J connectivity index is 2.34. The Kier molecular flexibility index (Phi) is 3.86. The highest BCUT2D eigenvalue weighted by molar-refractivity contribution is 6.33. The van der Waals surface area contributed by atoms with Crippen molar-refractivity contribution in [3.05, 3.63) is 57.9 Å². The van der Waals surface area contributed by atoms with Gasteiger partial charge in [0.25, 0.3) is 5.91 Å². The lowest BCUT2D eigenvalue weighted by molar-refractivity contribution is 0.102. The van der Waals surface area contributed by atoms with Crippen LogP contribution in [0.1, 0.15) is 27.2 Å². The fourth-order valence-corrected chi connectivity index (χ4v) is 2.33. The second kappa shape index (κ2) is 5.41. The van der Waals surface area contributed by atoms with Crippen LogP contribution in [-0.2, 0) is 0 Å². The number of aromatic nitrogens is 1. The first-order chi connectivity index (χ1) is 8.99. The molecule has 2 rings (SSSR count). The minimum atomic E-state index is -0.232. The molecule has 4 heteroatoms. The Bertz CT molecular complexity index is 615. The maximum absolute atomic E-state index is 12.3. The highest BCUT2D eigenvalue weighted by atomic mass is 35.5. The summed E-state index contributed by atoms with van der Waals surface area (Å²) in [7, 11) is 0. The molecule has 0 saturated heterocycles. The van der Waals surface area contributed by atoms with E-state index in [9.17, 15) is 4.79 Å². The number of carbonyl (C=O) groups is 1. The lowest BCUT2D eigenvalue weighted by atomic mass is 10.1. The lowest BCUT2D eigenvalue weighted by Gasteiger charge is -2.11. The molecule has 0 spiro atoms. The van der Waals surface area contributed by atoms with Crippen LogP contribution in [0.3, 0.4) is 0 Å². The summed E-state index contributed by atoms with van der Waals surface area (Å²) in [5.41, 5.74) is 3.84. The van der Waals surface area contributed by atoms with Gasteiger partial charge in [-0.2, -0.15) is 0 Å². The monoisotopic (exact) mass is 274 g/mol. The van der Waals surface area contributed by atoms with Gasteiger partial charge in [0.2, 0.25) is 0 Å². The molecule has 1 heterocycles. The Hall–Kier alpha value is -1.87. The molecule has 0 fully saturated rings. The Morgan fingerprint density at radius 2 is 1.84 bits per heavy atom. The van der Waals surface area contributed by atoms with Gasteiger partial charge in [0.1, 0.15) is 5.15 Å². The van der Waals surface area contributed by atoms with Crippen molar-refractivity contribution < 1.29 is 4.79 Å². The number of aryl methyl sites for hydroxylation is 3. The van der Waals surface area contributed by atoms with Crippen LogP contribution in [0.15, 0.2) is 30.3 Å². The van der Waals surface area contributed by atoms with E-state index in [1.165, 1.54) is 0 Å². The van der Waals surface area contributed by atoms with Gasteiger partial charge in [-0.15, -0.1) is 0 Å². The van der Waals surface area contributed by atoms with Crippen LogP contribution < -0.4 is 5.32 Å². The van der Waals surface area contributed by atoms with E-state index in [-0.39, 0.29) is 11.1 Å². The van der Waals surface area contributed by atoms with Crippen LogP contribution in [-0.4, -0.2) is 10.9 Å². The molecule has 0 bridgehead atoms. The van der Waals surface area contributed by atoms with E-state index in [0.717, 1.165) is 22.5 Å². The van der Waals surface area contributed by atoms with Gasteiger partial charge in [-0.25, -0.2) is 4.98 Å². The van der Waals surface area contributed by atoms with Gasteiger partial charge < -0.3 is 5.32 Å². The molecule has 1 aromatic heterocycles. The summed E-state index contributed by atoms with van der Waals surface area (Å²) >= 11 is 6.06. The number of benzene rings is 1. The van der Waals surface area contributed by atoms with E-state index in [1.54, 1.807) is 0 Å². The normalized spacial score (nSPS) is 10.3. The van der Waals surface area contributed by atoms with Crippen molar-refractivity contribution in [2.45, 2.75) is 20.8 Å². The molecule has 0 atom stereocenters. The molecule has 98 valence electrons. The van der Waals surface area contributed by atoms with E-state index in [1.807, 2.05) is 51.1 Å². The maximum atomic E-state index is 12.3. The van der Waals surface area contributed by atoms with Gasteiger partial charge in [-0.3, -0.25) is 4.79 Å². The number of nitrogens with zero attached hydrogens (tertiary/aromatic N) is 1. The first-order valence-corrected chi connectivity index (χ1v) is 6.37. The highest BCUT2D eigenvalue weighted by Gasteiger charge is 2.16. The third-order valence-electron chi connectivity index (χ3n) is 2.92. The van der Waals surface area contributed by atoms with Gasteiger partial charge >= 0.3 is 0 Å². The predicted octanol–water partition coefficient (Wildman–Crippen LogP) is 3.91. The van der Waals surface area contributed by atoms with Crippen molar-refractivity contribution in [1.82, 2.24) is 4.98 Å². The third kappa shape index (κ3) is 2.93. The minimum Gasteiger partial charge on any atom is -0.322 e. The molecule has 0 unspecified atom stereocenters. The average molecular weight is 275 g/mol. The number of anilines is 1. The SMILES string of the molecule is Cc1cc(C)c(C(=O)Nc2ccccc2C)c(Cl)n1. The number of rotatable bonds is 2. The number of pyridine rings is 1. The number of hydrogen-bond acceptors (Lipinski definition) is 2. The fourth-order valence-electron chi connectivity index (χ4n) is 1.96. The molecule has 1 amide bonds. The topological polar surface area (TPSA) is 42.0 Å². The van der Waals surface area contributed by atoms with E-state index in [0.29, 0.717) is 5.56 Å². The minimum absolute atomic E-state index is 0.232. The second-order valence-corrected chi connectivity index (χ2v) is 4.87. The molecule has 0 saturated carbocycles. The largest absolute Gasteiger partial charge is 0.322 e. The number of carbonyl (C=O) groups excluding carboxylic acids is 1. The summed E-state index contributed by atoms with van der Waals surface area (Å²) < 4.78 is 0. The first kappa shape index (κ1) is 13.6. The standard InChI is InChI=1S/C15H15ClN2O/c1-9-6-4-5-7-12(9)18-15(19)13-10(2)8-11(3)17-14(13)16/h4-8H,1-3H3,(H,18,19). The summed E-state index contributed by atoms with van der Waals surface area (Å²) in [6.07, 6.45) is 0. The maximum Gasteiger partial charge on any atom is 0.259 e. The predicted molar refractivity (Wildman–Crippen MR) is 77.9 cm³/mol.